The summed E-state index contributed by atoms with van der Waals surface area (Å²) in [6.45, 7) is 1.27. The van der Waals surface area contributed by atoms with Gasteiger partial charge >= 0.3 is 6.03 Å². The second-order valence-corrected chi connectivity index (χ2v) is 4.87. The second kappa shape index (κ2) is 6.58. The molecule has 0 radical (unpaired) electrons. The lowest BCUT2D eigenvalue weighted by Crippen LogP contribution is -2.47. The van der Waals surface area contributed by atoms with Crippen LogP contribution >= 0.6 is 0 Å². The Labute approximate surface area is 118 Å². The number of anilines is 1. The molecule has 1 aromatic carbocycles. The third-order valence-electron chi connectivity index (χ3n) is 3.35. The smallest absolute Gasteiger partial charge is 0.319 e. The highest BCUT2D eigenvalue weighted by Gasteiger charge is 2.30. The predicted molar refractivity (Wildman–Crippen MR) is 75.0 cm³/mol. The molecule has 1 saturated heterocycles. The van der Waals surface area contributed by atoms with Gasteiger partial charge < -0.3 is 25.2 Å². The highest BCUT2D eigenvalue weighted by molar-refractivity contribution is 5.89. The normalized spacial score (nSPS) is 17.3. The lowest BCUT2D eigenvalue weighted by atomic mass is 9.94. The zero-order valence-electron chi connectivity index (χ0n) is 11.5. The van der Waals surface area contributed by atoms with Gasteiger partial charge in [0.05, 0.1) is 12.7 Å². The van der Waals surface area contributed by atoms with E-state index in [2.05, 4.69) is 10.6 Å². The van der Waals surface area contributed by atoms with E-state index in [4.69, 9.17) is 9.47 Å². The Bertz CT molecular complexity index is 441. The summed E-state index contributed by atoms with van der Waals surface area (Å²) in [6, 6.07) is 6.70. The van der Waals surface area contributed by atoms with Gasteiger partial charge in [0.25, 0.3) is 0 Å². The minimum Gasteiger partial charge on any atom is -0.497 e. The quantitative estimate of drug-likeness (QED) is 0.778. The van der Waals surface area contributed by atoms with Crippen LogP contribution in [0.15, 0.2) is 24.3 Å². The van der Waals surface area contributed by atoms with Gasteiger partial charge in [-0.3, -0.25) is 0 Å². The molecule has 0 atom stereocenters. The maximum absolute atomic E-state index is 11.8. The van der Waals surface area contributed by atoms with Crippen molar-refractivity contribution in [2.24, 2.45) is 0 Å². The molecule has 0 aromatic heterocycles. The fraction of sp³-hybridized carbons (Fsp3) is 0.500. The van der Waals surface area contributed by atoms with Gasteiger partial charge in [0.2, 0.25) is 0 Å². The predicted octanol–water partition coefficient (Wildman–Crippen LogP) is 1.36. The molecule has 110 valence electrons. The van der Waals surface area contributed by atoms with E-state index in [-0.39, 0.29) is 12.6 Å². The van der Waals surface area contributed by atoms with E-state index in [1.807, 2.05) is 0 Å². The summed E-state index contributed by atoms with van der Waals surface area (Å²) in [4.78, 5) is 11.8. The standard InChI is InChI=1S/C14H20N2O4/c1-19-12-4-2-11(3-5-12)16-13(17)15-10-14(18)6-8-20-9-7-14/h2-5,18H,6-10H2,1H3,(H2,15,16,17). The molecule has 1 aliphatic heterocycles. The van der Waals surface area contributed by atoms with Crippen molar-refractivity contribution in [3.63, 3.8) is 0 Å². The van der Waals surface area contributed by atoms with E-state index < -0.39 is 5.60 Å². The molecular weight excluding hydrogens is 260 g/mol. The third-order valence-corrected chi connectivity index (χ3v) is 3.35. The van der Waals surface area contributed by atoms with Crippen LogP contribution in [-0.4, -0.2) is 43.6 Å². The maximum atomic E-state index is 11.8. The number of amides is 2. The lowest BCUT2D eigenvalue weighted by molar-refractivity contribution is -0.0598. The summed E-state index contributed by atoms with van der Waals surface area (Å²) in [5.74, 6) is 0.729. The summed E-state index contributed by atoms with van der Waals surface area (Å²) < 4.78 is 10.2. The number of urea groups is 1. The molecular formula is C14H20N2O4. The largest absolute Gasteiger partial charge is 0.497 e. The summed E-state index contributed by atoms with van der Waals surface area (Å²) in [6.07, 6.45) is 1.08. The molecule has 3 N–H and O–H groups in total. The molecule has 0 unspecified atom stereocenters. The summed E-state index contributed by atoms with van der Waals surface area (Å²) in [5.41, 5.74) is -0.197. The monoisotopic (exact) mass is 280 g/mol. The molecule has 0 aliphatic carbocycles. The van der Waals surface area contributed by atoms with Crippen molar-refractivity contribution in [3.8, 4) is 5.75 Å². The van der Waals surface area contributed by atoms with Gasteiger partial charge in [-0.1, -0.05) is 0 Å². The summed E-state index contributed by atoms with van der Waals surface area (Å²) in [5, 5.41) is 15.6. The highest BCUT2D eigenvalue weighted by atomic mass is 16.5. The number of hydrogen-bond acceptors (Lipinski definition) is 4. The van der Waals surface area contributed by atoms with Crippen LogP contribution < -0.4 is 15.4 Å². The molecule has 1 aliphatic rings. The molecule has 0 saturated carbocycles. The molecule has 6 heteroatoms. The van der Waals surface area contributed by atoms with Crippen LogP contribution in [0.2, 0.25) is 0 Å². The van der Waals surface area contributed by atoms with Gasteiger partial charge in [-0.15, -0.1) is 0 Å². The number of aliphatic hydroxyl groups is 1. The molecule has 20 heavy (non-hydrogen) atoms. The number of ether oxygens (including phenoxy) is 2. The SMILES string of the molecule is COc1ccc(NC(=O)NCC2(O)CCOCC2)cc1. The Morgan fingerprint density at radius 3 is 2.60 bits per heavy atom. The zero-order valence-corrected chi connectivity index (χ0v) is 11.5. The summed E-state index contributed by atoms with van der Waals surface area (Å²) in [7, 11) is 1.59. The number of hydrogen-bond donors (Lipinski definition) is 3. The van der Waals surface area contributed by atoms with Crippen LogP contribution in [0.1, 0.15) is 12.8 Å². The van der Waals surface area contributed by atoms with Crippen LogP contribution in [0.4, 0.5) is 10.5 Å². The zero-order chi connectivity index (χ0) is 14.4. The number of carbonyl (C=O) groups is 1. The van der Waals surface area contributed by atoms with Gasteiger partial charge in [0.1, 0.15) is 5.75 Å². The number of rotatable bonds is 4. The highest BCUT2D eigenvalue weighted by Crippen LogP contribution is 2.19. The van der Waals surface area contributed by atoms with Crippen molar-refractivity contribution >= 4 is 11.7 Å². The second-order valence-electron chi connectivity index (χ2n) is 4.87. The number of methoxy groups -OCH3 is 1. The van der Waals surface area contributed by atoms with E-state index in [9.17, 15) is 9.90 Å². The first-order chi connectivity index (χ1) is 9.61. The molecule has 1 heterocycles. The van der Waals surface area contributed by atoms with Crippen molar-refractivity contribution in [2.45, 2.75) is 18.4 Å². The van der Waals surface area contributed by atoms with Crippen molar-refractivity contribution in [2.75, 3.05) is 32.2 Å². The van der Waals surface area contributed by atoms with Crippen molar-refractivity contribution in [1.29, 1.82) is 0 Å². The minimum absolute atomic E-state index is 0.221. The van der Waals surface area contributed by atoms with Crippen molar-refractivity contribution in [3.05, 3.63) is 24.3 Å². The molecule has 0 bridgehead atoms. The van der Waals surface area contributed by atoms with E-state index in [1.165, 1.54) is 0 Å². The van der Waals surface area contributed by atoms with Crippen LogP contribution in [0, 0.1) is 0 Å². The van der Waals surface area contributed by atoms with Gasteiger partial charge in [0.15, 0.2) is 0 Å². The van der Waals surface area contributed by atoms with E-state index >= 15 is 0 Å². The van der Waals surface area contributed by atoms with Gasteiger partial charge in [-0.25, -0.2) is 4.79 Å². The van der Waals surface area contributed by atoms with E-state index in [0.29, 0.717) is 31.7 Å². The molecule has 0 spiro atoms. The number of carbonyl (C=O) groups excluding carboxylic acids is 1. The first-order valence-electron chi connectivity index (χ1n) is 6.60. The minimum atomic E-state index is -0.866. The summed E-state index contributed by atoms with van der Waals surface area (Å²) >= 11 is 0. The van der Waals surface area contributed by atoms with Crippen LogP contribution in [0.3, 0.4) is 0 Å². The molecule has 1 aromatic rings. The first-order valence-corrected chi connectivity index (χ1v) is 6.60. The lowest BCUT2D eigenvalue weighted by Gasteiger charge is -2.32. The van der Waals surface area contributed by atoms with E-state index in [1.54, 1.807) is 31.4 Å². The Hall–Kier alpha value is -1.79. The first kappa shape index (κ1) is 14.6. The fourth-order valence-electron chi connectivity index (χ4n) is 2.02. The third kappa shape index (κ3) is 4.11. The topological polar surface area (TPSA) is 79.8 Å². The number of nitrogens with one attached hydrogen (secondary N) is 2. The fourth-order valence-corrected chi connectivity index (χ4v) is 2.02. The Morgan fingerprint density at radius 1 is 1.35 bits per heavy atom. The number of benzene rings is 1. The Morgan fingerprint density at radius 2 is 2.00 bits per heavy atom. The van der Waals surface area contributed by atoms with Crippen LogP contribution in [0.25, 0.3) is 0 Å². The maximum Gasteiger partial charge on any atom is 0.319 e. The van der Waals surface area contributed by atoms with Crippen LogP contribution in [-0.2, 0) is 4.74 Å². The van der Waals surface area contributed by atoms with Crippen molar-refractivity contribution in [1.82, 2.24) is 5.32 Å². The molecule has 1 fully saturated rings. The van der Waals surface area contributed by atoms with Crippen molar-refractivity contribution < 1.29 is 19.4 Å². The van der Waals surface area contributed by atoms with E-state index in [0.717, 1.165) is 5.75 Å². The average Bonchev–Trinajstić information content (AvgIpc) is 2.47. The molecule has 2 amide bonds. The Balaban J connectivity index is 1.79. The van der Waals surface area contributed by atoms with Gasteiger partial charge in [-0.05, 0) is 24.3 Å². The molecule has 2 rings (SSSR count). The molecule has 6 nitrogen and oxygen atoms in total. The van der Waals surface area contributed by atoms with Gasteiger partial charge in [0, 0.05) is 38.3 Å². The average molecular weight is 280 g/mol. The Kier molecular flexibility index (Phi) is 4.81. The van der Waals surface area contributed by atoms with Crippen LogP contribution in [0.5, 0.6) is 5.75 Å². The van der Waals surface area contributed by atoms with Gasteiger partial charge in [-0.2, -0.15) is 0 Å².